The van der Waals surface area contributed by atoms with E-state index >= 15 is 0 Å². The van der Waals surface area contributed by atoms with Crippen molar-refractivity contribution in [2.24, 2.45) is 0 Å². The maximum absolute atomic E-state index is 12.1. The lowest BCUT2D eigenvalue weighted by atomic mass is 10.1. The fourth-order valence-electron chi connectivity index (χ4n) is 1.65. The fourth-order valence-corrected chi connectivity index (χ4v) is 2.94. The third-order valence-corrected chi connectivity index (χ3v) is 4.37. The number of carbonyl (C=O) groups excluding carboxylic acids is 1. The molecule has 0 atom stereocenters. The van der Waals surface area contributed by atoms with Crippen LogP contribution in [0.2, 0.25) is 0 Å². The molecular formula is C14H14BrNOS. The molecule has 0 bridgehead atoms. The van der Waals surface area contributed by atoms with Gasteiger partial charge in [-0.2, -0.15) is 11.3 Å². The number of aryl methyl sites for hydroxylation is 2. The molecule has 1 N–H and O–H groups in total. The van der Waals surface area contributed by atoms with E-state index in [0.717, 1.165) is 10.0 Å². The lowest BCUT2D eigenvalue weighted by molar-refractivity contribution is 0.0950. The van der Waals surface area contributed by atoms with Crippen molar-refractivity contribution in [3.8, 4) is 0 Å². The van der Waals surface area contributed by atoms with Gasteiger partial charge in [-0.05, 0) is 63.8 Å². The predicted molar refractivity (Wildman–Crippen MR) is 79.1 cm³/mol. The summed E-state index contributed by atoms with van der Waals surface area (Å²) < 4.78 is 0.827. The Kier molecular flexibility index (Phi) is 4.19. The van der Waals surface area contributed by atoms with Gasteiger partial charge in [0.05, 0.1) is 5.56 Å². The second kappa shape index (κ2) is 5.67. The molecule has 2 nitrogen and oxygen atoms in total. The zero-order valence-electron chi connectivity index (χ0n) is 10.3. The van der Waals surface area contributed by atoms with Crippen LogP contribution in [0.25, 0.3) is 0 Å². The Morgan fingerprint density at radius 2 is 2.11 bits per heavy atom. The van der Waals surface area contributed by atoms with Crippen LogP contribution in [0.4, 0.5) is 0 Å². The summed E-state index contributed by atoms with van der Waals surface area (Å²) in [6.07, 6.45) is 0. The van der Waals surface area contributed by atoms with Gasteiger partial charge in [0.15, 0.2) is 0 Å². The van der Waals surface area contributed by atoms with E-state index in [4.69, 9.17) is 0 Å². The van der Waals surface area contributed by atoms with Crippen LogP contribution in [0.15, 0.2) is 33.4 Å². The van der Waals surface area contributed by atoms with Crippen LogP contribution in [0.5, 0.6) is 0 Å². The maximum atomic E-state index is 12.1. The highest BCUT2D eigenvalue weighted by atomic mass is 79.9. The van der Waals surface area contributed by atoms with Crippen molar-refractivity contribution < 1.29 is 4.79 Å². The third kappa shape index (κ3) is 3.00. The van der Waals surface area contributed by atoms with Gasteiger partial charge in [-0.15, -0.1) is 0 Å². The molecule has 0 radical (unpaired) electrons. The van der Waals surface area contributed by atoms with Crippen molar-refractivity contribution in [3.63, 3.8) is 0 Å². The summed E-state index contributed by atoms with van der Waals surface area (Å²) in [6.45, 7) is 4.61. The number of benzene rings is 1. The second-order valence-corrected chi connectivity index (χ2v) is 5.84. The van der Waals surface area contributed by atoms with Crippen LogP contribution in [-0.2, 0) is 6.54 Å². The molecule has 0 saturated heterocycles. The van der Waals surface area contributed by atoms with Crippen molar-refractivity contribution in [3.05, 3.63) is 55.7 Å². The molecule has 2 aromatic rings. The molecule has 1 heterocycles. The number of rotatable bonds is 3. The van der Waals surface area contributed by atoms with Gasteiger partial charge in [-0.25, -0.2) is 0 Å². The molecular weight excluding hydrogens is 310 g/mol. The molecule has 0 aliphatic carbocycles. The van der Waals surface area contributed by atoms with Gasteiger partial charge in [0.2, 0.25) is 0 Å². The van der Waals surface area contributed by atoms with Crippen molar-refractivity contribution >= 4 is 33.2 Å². The standard InChI is InChI=1S/C14H14BrNOS/c1-9-3-4-13(15)12(5-9)14(17)16-6-11-8-18-7-10(11)2/h3-5,7-8H,6H2,1-2H3,(H,16,17). The van der Waals surface area contributed by atoms with E-state index in [1.165, 1.54) is 11.1 Å². The lowest BCUT2D eigenvalue weighted by Crippen LogP contribution is -2.23. The highest BCUT2D eigenvalue weighted by molar-refractivity contribution is 9.10. The monoisotopic (exact) mass is 323 g/mol. The Balaban J connectivity index is 2.08. The summed E-state index contributed by atoms with van der Waals surface area (Å²) in [5, 5.41) is 7.11. The van der Waals surface area contributed by atoms with Crippen molar-refractivity contribution in [1.82, 2.24) is 5.32 Å². The van der Waals surface area contributed by atoms with Crippen molar-refractivity contribution in [2.45, 2.75) is 20.4 Å². The van der Waals surface area contributed by atoms with Crippen LogP contribution in [0.1, 0.15) is 27.0 Å². The van der Waals surface area contributed by atoms with Crippen LogP contribution in [0, 0.1) is 13.8 Å². The molecule has 18 heavy (non-hydrogen) atoms. The summed E-state index contributed by atoms with van der Waals surface area (Å²) in [6, 6.07) is 5.77. The number of hydrogen-bond donors (Lipinski definition) is 1. The average molecular weight is 324 g/mol. The minimum atomic E-state index is -0.0452. The third-order valence-electron chi connectivity index (χ3n) is 2.77. The van der Waals surface area contributed by atoms with Gasteiger partial charge >= 0.3 is 0 Å². The Hall–Kier alpha value is -1.13. The molecule has 2 rings (SSSR count). The Morgan fingerprint density at radius 1 is 1.33 bits per heavy atom. The molecule has 1 aromatic heterocycles. The van der Waals surface area contributed by atoms with Crippen molar-refractivity contribution in [1.29, 1.82) is 0 Å². The summed E-state index contributed by atoms with van der Waals surface area (Å²) in [5.74, 6) is -0.0452. The Morgan fingerprint density at radius 3 is 2.78 bits per heavy atom. The van der Waals surface area contributed by atoms with E-state index in [1.807, 2.05) is 25.1 Å². The summed E-state index contributed by atoms with van der Waals surface area (Å²) in [4.78, 5) is 12.1. The number of carbonyl (C=O) groups is 1. The Labute approximate surface area is 119 Å². The molecule has 0 fully saturated rings. The van der Waals surface area contributed by atoms with E-state index in [1.54, 1.807) is 11.3 Å². The number of amides is 1. The average Bonchev–Trinajstić information content (AvgIpc) is 2.75. The normalized spacial score (nSPS) is 10.4. The SMILES string of the molecule is Cc1ccc(Br)c(C(=O)NCc2cscc2C)c1. The fraction of sp³-hybridized carbons (Fsp3) is 0.214. The number of nitrogens with one attached hydrogen (secondary N) is 1. The maximum Gasteiger partial charge on any atom is 0.252 e. The smallest absolute Gasteiger partial charge is 0.252 e. The summed E-state index contributed by atoms with van der Waals surface area (Å²) in [5.41, 5.74) is 4.17. The first-order valence-corrected chi connectivity index (χ1v) is 7.37. The molecule has 4 heteroatoms. The van der Waals surface area contributed by atoms with Crippen LogP contribution >= 0.6 is 27.3 Å². The van der Waals surface area contributed by atoms with Crippen molar-refractivity contribution in [2.75, 3.05) is 0 Å². The molecule has 94 valence electrons. The number of thiophene rings is 1. The van der Waals surface area contributed by atoms with Gasteiger partial charge in [0.25, 0.3) is 5.91 Å². The van der Waals surface area contributed by atoms with Gasteiger partial charge in [-0.1, -0.05) is 11.6 Å². The molecule has 0 spiro atoms. The van der Waals surface area contributed by atoms with E-state index < -0.39 is 0 Å². The van der Waals surface area contributed by atoms with Crippen LogP contribution in [0.3, 0.4) is 0 Å². The first-order valence-electron chi connectivity index (χ1n) is 5.64. The molecule has 0 saturated carbocycles. The van der Waals surface area contributed by atoms with E-state index in [0.29, 0.717) is 12.1 Å². The van der Waals surface area contributed by atoms with Gasteiger partial charge in [0.1, 0.15) is 0 Å². The van der Waals surface area contributed by atoms with Crippen LogP contribution in [-0.4, -0.2) is 5.91 Å². The first-order chi connectivity index (χ1) is 8.58. The van der Waals surface area contributed by atoms with E-state index in [9.17, 15) is 4.79 Å². The largest absolute Gasteiger partial charge is 0.348 e. The number of halogens is 1. The van der Waals surface area contributed by atoms with Gasteiger partial charge < -0.3 is 5.32 Å². The van der Waals surface area contributed by atoms with E-state index in [-0.39, 0.29) is 5.91 Å². The minimum Gasteiger partial charge on any atom is -0.348 e. The summed E-state index contributed by atoms with van der Waals surface area (Å²) in [7, 11) is 0. The highest BCUT2D eigenvalue weighted by Crippen LogP contribution is 2.18. The molecule has 0 unspecified atom stereocenters. The summed E-state index contributed by atoms with van der Waals surface area (Å²) >= 11 is 5.06. The first kappa shape index (κ1) is 13.3. The highest BCUT2D eigenvalue weighted by Gasteiger charge is 2.10. The zero-order chi connectivity index (χ0) is 13.1. The lowest BCUT2D eigenvalue weighted by Gasteiger charge is -2.07. The van der Waals surface area contributed by atoms with Gasteiger partial charge in [-0.3, -0.25) is 4.79 Å². The predicted octanol–water partition coefficient (Wildman–Crippen LogP) is 4.06. The molecule has 1 amide bonds. The molecule has 0 aliphatic rings. The second-order valence-electron chi connectivity index (χ2n) is 4.25. The topological polar surface area (TPSA) is 29.1 Å². The Bertz CT molecular complexity index is 577. The molecule has 0 aliphatic heterocycles. The zero-order valence-corrected chi connectivity index (χ0v) is 12.7. The van der Waals surface area contributed by atoms with Crippen LogP contribution < -0.4 is 5.32 Å². The quantitative estimate of drug-likeness (QED) is 0.906. The molecule has 1 aromatic carbocycles. The minimum absolute atomic E-state index is 0.0452. The van der Waals surface area contributed by atoms with Gasteiger partial charge in [0, 0.05) is 11.0 Å². The van der Waals surface area contributed by atoms with E-state index in [2.05, 4.69) is 38.9 Å². The number of hydrogen-bond acceptors (Lipinski definition) is 2.